The van der Waals surface area contributed by atoms with Gasteiger partial charge in [-0.25, -0.2) is 4.79 Å². The Morgan fingerprint density at radius 3 is 2.35 bits per heavy atom. The van der Waals surface area contributed by atoms with Gasteiger partial charge in [0.15, 0.2) is 5.54 Å². The summed E-state index contributed by atoms with van der Waals surface area (Å²) < 4.78 is 10.1. The van der Waals surface area contributed by atoms with Crippen molar-refractivity contribution in [3.63, 3.8) is 0 Å². The molecular weight excluding hydrogens is 262 g/mol. The Kier molecular flexibility index (Phi) is 5.52. The van der Waals surface area contributed by atoms with Crippen LogP contribution in [0.2, 0.25) is 0 Å². The third-order valence-corrected chi connectivity index (χ3v) is 2.72. The number of nitrogens with one attached hydrogen (secondary N) is 1. The van der Waals surface area contributed by atoms with Gasteiger partial charge in [0, 0.05) is 12.7 Å². The van der Waals surface area contributed by atoms with Crippen LogP contribution in [0.25, 0.3) is 0 Å². The Morgan fingerprint density at radius 1 is 1.30 bits per heavy atom. The summed E-state index contributed by atoms with van der Waals surface area (Å²) >= 11 is 0. The van der Waals surface area contributed by atoms with E-state index in [9.17, 15) is 9.59 Å². The van der Waals surface area contributed by atoms with Gasteiger partial charge in [0.2, 0.25) is 0 Å². The molecule has 0 heterocycles. The molecule has 1 unspecified atom stereocenters. The number of benzene rings is 1. The maximum Gasteiger partial charge on any atom is 0.331 e. The Hall–Kier alpha value is -2.08. The monoisotopic (exact) mass is 281 g/mol. The van der Waals surface area contributed by atoms with Gasteiger partial charge in [0.25, 0.3) is 5.91 Å². The zero-order valence-electron chi connectivity index (χ0n) is 11.8. The van der Waals surface area contributed by atoms with E-state index in [0.29, 0.717) is 17.9 Å². The van der Waals surface area contributed by atoms with Crippen molar-refractivity contribution < 1.29 is 24.2 Å². The van der Waals surface area contributed by atoms with Crippen molar-refractivity contribution in [3.05, 3.63) is 29.8 Å². The summed E-state index contributed by atoms with van der Waals surface area (Å²) in [5, 5.41) is 11.6. The van der Waals surface area contributed by atoms with Crippen molar-refractivity contribution >= 4 is 11.9 Å². The fourth-order valence-corrected chi connectivity index (χ4v) is 1.63. The van der Waals surface area contributed by atoms with E-state index in [1.54, 1.807) is 24.3 Å². The first-order valence-corrected chi connectivity index (χ1v) is 6.20. The number of hydrogen-bond donors (Lipinski definition) is 2. The van der Waals surface area contributed by atoms with Crippen molar-refractivity contribution in [1.82, 2.24) is 5.32 Å². The molecule has 1 rings (SSSR count). The second kappa shape index (κ2) is 6.91. The zero-order chi connectivity index (χ0) is 15.2. The molecular formula is C14H19NO5. The van der Waals surface area contributed by atoms with E-state index in [1.807, 2.05) is 6.92 Å². The summed E-state index contributed by atoms with van der Waals surface area (Å²) in [6, 6.07) is 6.48. The SMILES string of the molecule is CCOc1ccc(C(=O)NC(C)(COC)C(=O)O)cc1. The van der Waals surface area contributed by atoms with Crippen LogP contribution in [0.5, 0.6) is 5.75 Å². The molecule has 1 aromatic rings. The molecule has 0 fully saturated rings. The highest BCUT2D eigenvalue weighted by Crippen LogP contribution is 2.13. The van der Waals surface area contributed by atoms with E-state index in [1.165, 1.54) is 14.0 Å². The molecule has 1 atom stereocenters. The Labute approximate surface area is 117 Å². The molecule has 1 aromatic carbocycles. The summed E-state index contributed by atoms with van der Waals surface area (Å²) in [6.45, 7) is 3.68. The van der Waals surface area contributed by atoms with Gasteiger partial charge in [0.05, 0.1) is 13.2 Å². The van der Waals surface area contributed by atoms with Crippen LogP contribution in [-0.4, -0.2) is 42.8 Å². The molecule has 110 valence electrons. The minimum atomic E-state index is -1.47. The Balaban J connectivity index is 2.81. The van der Waals surface area contributed by atoms with Crippen LogP contribution >= 0.6 is 0 Å². The summed E-state index contributed by atoms with van der Waals surface area (Å²) in [5.41, 5.74) is -1.11. The lowest BCUT2D eigenvalue weighted by Crippen LogP contribution is -2.55. The Morgan fingerprint density at radius 2 is 1.90 bits per heavy atom. The number of ether oxygens (including phenoxy) is 2. The number of aliphatic carboxylic acids is 1. The van der Waals surface area contributed by atoms with Crippen LogP contribution in [0.4, 0.5) is 0 Å². The highest BCUT2D eigenvalue weighted by molar-refractivity contribution is 5.97. The van der Waals surface area contributed by atoms with E-state index in [0.717, 1.165) is 0 Å². The molecule has 0 saturated carbocycles. The highest BCUT2D eigenvalue weighted by Gasteiger charge is 2.35. The van der Waals surface area contributed by atoms with Gasteiger partial charge in [-0.15, -0.1) is 0 Å². The van der Waals surface area contributed by atoms with Gasteiger partial charge in [-0.3, -0.25) is 4.79 Å². The number of carboxylic acids is 1. The maximum absolute atomic E-state index is 12.0. The molecule has 0 spiro atoms. The molecule has 6 heteroatoms. The number of rotatable bonds is 7. The van der Waals surface area contributed by atoms with Crippen LogP contribution in [0.15, 0.2) is 24.3 Å². The van der Waals surface area contributed by atoms with E-state index < -0.39 is 17.4 Å². The maximum atomic E-state index is 12.0. The van der Waals surface area contributed by atoms with Gasteiger partial charge >= 0.3 is 5.97 Å². The molecule has 0 aliphatic rings. The number of amides is 1. The van der Waals surface area contributed by atoms with E-state index in [-0.39, 0.29) is 6.61 Å². The van der Waals surface area contributed by atoms with Gasteiger partial charge < -0.3 is 19.9 Å². The molecule has 0 aliphatic heterocycles. The predicted octanol–water partition coefficient (Wildman–Crippen LogP) is 1.30. The third kappa shape index (κ3) is 3.96. The topological polar surface area (TPSA) is 84.9 Å². The van der Waals surface area contributed by atoms with E-state index in [2.05, 4.69) is 5.32 Å². The molecule has 1 amide bonds. The fraction of sp³-hybridized carbons (Fsp3) is 0.429. The molecule has 0 bridgehead atoms. The van der Waals surface area contributed by atoms with Crippen molar-refractivity contribution in [2.24, 2.45) is 0 Å². The molecule has 2 N–H and O–H groups in total. The largest absolute Gasteiger partial charge is 0.494 e. The lowest BCUT2D eigenvalue weighted by Gasteiger charge is -2.25. The predicted molar refractivity (Wildman–Crippen MR) is 73.0 cm³/mol. The van der Waals surface area contributed by atoms with Crippen LogP contribution in [0, 0.1) is 0 Å². The Bertz CT molecular complexity index is 471. The molecule has 0 radical (unpaired) electrons. The lowest BCUT2D eigenvalue weighted by atomic mass is 10.0. The van der Waals surface area contributed by atoms with Crippen molar-refractivity contribution in [3.8, 4) is 5.75 Å². The molecule has 0 saturated heterocycles. The summed E-state index contributed by atoms with van der Waals surface area (Å²) in [4.78, 5) is 23.2. The first-order valence-electron chi connectivity index (χ1n) is 6.20. The summed E-state index contributed by atoms with van der Waals surface area (Å²) in [5.74, 6) is -0.976. The van der Waals surface area contributed by atoms with Crippen LogP contribution in [0.3, 0.4) is 0 Å². The van der Waals surface area contributed by atoms with E-state index in [4.69, 9.17) is 14.6 Å². The van der Waals surface area contributed by atoms with Crippen molar-refractivity contribution in [2.45, 2.75) is 19.4 Å². The van der Waals surface area contributed by atoms with Crippen LogP contribution in [-0.2, 0) is 9.53 Å². The average molecular weight is 281 g/mol. The highest BCUT2D eigenvalue weighted by atomic mass is 16.5. The third-order valence-electron chi connectivity index (χ3n) is 2.72. The molecule has 0 aliphatic carbocycles. The van der Waals surface area contributed by atoms with Gasteiger partial charge in [-0.05, 0) is 38.1 Å². The number of carbonyl (C=O) groups is 2. The number of methoxy groups -OCH3 is 1. The number of carboxylic acid groups (broad SMARTS) is 1. The molecule has 6 nitrogen and oxygen atoms in total. The summed E-state index contributed by atoms with van der Waals surface area (Å²) in [7, 11) is 1.38. The second-order valence-corrected chi connectivity index (χ2v) is 4.48. The quantitative estimate of drug-likeness (QED) is 0.787. The van der Waals surface area contributed by atoms with Gasteiger partial charge in [-0.1, -0.05) is 0 Å². The smallest absolute Gasteiger partial charge is 0.331 e. The van der Waals surface area contributed by atoms with Crippen molar-refractivity contribution in [2.75, 3.05) is 20.3 Å². The van der Waals surface area contributed by atoms with E-state index >= 15 is 0 Å². The standard InChI is InChI=1S/C14H19NO5/c1-4-20-11-7-5-10(6-8-11)12(16)15-14(2,9-19-3)13(17)18/h5-8H,4,9H2,1-3H3,(H,15,16)(H,17,18). The zero-order valence-corrected chi connectivity index (χ0v) is 11.8. The summed E-state index contributed by atoms with van der Waals surface area (Å²) in [6.07, 6.45) is 0. The fourth-order valence-electron chi connectivity index (χ4n) is 1.63. The minimum Gasteiger partial charge on any atom is -0.494 e. The second-order valence-electron chi connectivity index (χ2n) is 4.48. The normalized spacial score (nSPS) is 13.3. The molecule has 0 aromatic heterocycles. The number of hydrogen-bond acceptors (Lipinski definition) is 4. The number of carbonyl (C=O) groups excluding carboxylic acids is 1. The van der Waals surface area contributed by atoms with Crippen LogP contribution < -0.4 is 10.1 Å². The molecule has 20 heavy (non-hydrogen) atoms. The minimum absolute atomic E-state index is 0.120. The average Bonchev–Trinajstić information content (AvgIpc) is 2.40. The van der Waals surface area contributed by atoms with Crippen LogP contribution in [0.1, 0.15) is 24.2 Å². The van der Waals surface area contributed by atoms with Gasteiger partial charge in [-0.2, -0.15) is 0 Å². The lowest BCUT2D eigenvalue weighted by molar-refractivity contribution is -0.145. The van der Waals surface area contributed by atoms with Crippen molar-refractivity contribution in [1.29, 1.82) is 0 Å². The first-order chi connectivity index (χ1) is 9.42. The first kappa shape index (κ1) is 16.0. The van der Waals surface area contributed by atoms with Gasteiger partial charge in [0.1, 0.15) is 5.75 Å².